The molecule has 0 spiro atoms. The number of aryl methyl sites for hydroxylation is 3. The second-order valence-electron chi connectivity index (χ2n) is 8.00. The molecule has 1 aliphatic carbocycles. The van der Waals surface area contributed by atoms with Gasteiger partial charge in [0.15, 0.2) is 0 Å². The first-order valence-electron chi connectivity index (χ1n) is 9.80. The number of anilines is 1. The van der Waals surface area contributed by atoms with Gasteiger partial charge in [0.2, 0.25) is 0 Å². The number of aromatic hydroxyl groups is 1. The summed E-state index contributed by atoms with van der Waals surface area (Å²) < 4.78 is 33.8. The Hall–Kier alpha value is -2.54. The van der Waals surface area contributed by atoms with E-state index in [0.29, 0.717) is 5.92 Å². The number of hydrogen-bond acceptors (Lipinski definition) is 5. The number of sulfonamides is 1. The van der Waals surface area contributed by atoms with Crippen LogP contribution in [0.3, 0.4) is 0 Å². The van der Waals surface area contributed by atoms with E-state index in [1.54, 1.807) is 4.31 Å². The second-order valence-corrected chi connectivity index (χ2v) is 9.82. The van der Waals surface area contributed by atoms with E-state index < -0.39 is 16.0 Å². The maximum Gasteiger partial charge on any atom is 0.341 e. The van der Waals surface area contributed by atoms with Crippen LogP contribution >= 0.6 is 0 Å². The number of methoxy groups -OCH3 is 1. The first kappa shape index (κ1) is 19.8. The number of carbonyl (C=O) groups excluding carboxylic acids is 1. The molecular formula is C22H25NO5S. The van der Waals surface area contributed by atoms with Gasteiger partial charge in [0.05, 0.1) is 17.7 Å². The quantitative estimate of drug-likeness (QED) is 0.770. The molecule has 154 valence electrons. The van der Waals surface area contributed by atoms with Gasteiger partial charge in [0.25, 0.3) is 10.0 Å². The number of phenolic OH excluding ortho intramolecular Hbond substituents is 1. The molecule has 7 heteroatoms. The Morgan fingerprint density at radius 3 is 2.52 bits per heavy atom. The van der Waals surface area contributed by atoms with Crippen LogP contribution in [0.25, 0.3) is 0 Å². The van der Waals surface area contributed by atoms with E-state index in [2.05, 4.69) is 10.8 Å². The summed E-state index contributed by atoms with van der Waals surface area (Å²) in [6, 6.07) is 7.76. The lowest BCUT2D eigenvalue weighted by Gasteiger charge is -2.39. The molecule has 1 N–H and O–H groups in total. The number of hydrogen-bond donors (Lipinski definition) is 1. The van der Waals surface area contributed by atoms with Crippen LogP contribution in [-0.4, -0.2) is 32.6 Å². The van der Waals surface area contributed by atoms with Gasteiger partial charge in [0.1, 0.15) is 11.3 Å². The monoisotopic (exact) mass is 415 g/mol. The van der Waals surface area contributed by atoms with Crippen LogP contribution in [-0.2, 0) is 21.2 Å². The summed E-state index contributed by atoms with van der Waals surface area (Å²) in [7, 11) is -2.74. The summed E-state index contributed by atoms with van der Waals surface area (Å²) >= 11 is 0. The number of carbonyl (C=O) groups is 1. The zero-order valence-electron chi connectivity index (χ0n) is 16.8. The van der Waals surface area contributed by atoms with Crippen molar-refractivity contribution in [2.75, 3.05) is 11.4 Å². The Morgan fingerprint density at radius 1 is 1.14 bits per heavy atom. The fraction of sp³-hybridized carbons (Fsp3) is 0.409. The summed E-state index contributed by atoms with van der Waals surface area (Å²) in [5, 5.41) is 9.99. The van der Waals surface area contributed by atoms with E-state index in [9.17, 15) is 18.3 Å². The first-order valence-corrected chi connectivity index (χ1v) is 11.2. The second kappa shape index (κ2) is 7.06. The van der Waals surface area contributed by atoms with E-state index in [-0.39, 0.29) is 22.3 Å². The number of rotatable bonds is 4. The van der Waals surface area contributed by atoms with Crippen LogP contribution in [0.4, 0.5) is 5.69 Å². The molecule has 0 saturated heterocycles. The maximum absolute atomic E-state index is 13.8. The molecule has 1 saturated carbocycles. The minimum Gasteiger partial charge on any atom is -0.507 e. The predicted molar refractivity (Wildman–Crippen MR) is 110 cm³/mol. The average Bonchev–Trinajstić information content (AvgIpc) is 3.51. The van der Waals surface area contributed by atoms with Crippen LogP contribution < -0.4 is 4.31 Å². The normalized spacial score (nSPS) is 19.0. The van der Waals surface area contributed by atoms with Crippen LogP contribution in [0.5, 0.6) is 5.75 Å². The molecule has 1 atom stereocenters. The Morgan fingerprint density at radius 2 is 1.86 bits per heavy atom. The highest BCUT2D eigenvalue weighted by atomic mass is 32.2. The van der Waals surface area contributed by atoms with Gasteiger partial charge in [-0.05, 0) is 74.8 Å². The average molecular weight is 416 g/mol. The summed E-state index contributed by atoms with van der Waals surface area (Å²) in [4.78, 5) is 12.0. The molecule has 29 heavy (non-hydrogen) atoms. The van der Waals surface area contributed by atoms with Crippen molar-refractivity contribution in [2.24, 2.45) is 5.92 Å². The molecule has 2 aromatic carbocycles. The summed E-state index contributed by atoms with van der Waals surface area (Å²) in [5.41, 5.74) is 3.68. The lowest BCUT2D eigenvalue weighted by molar-refractivity contribution is 0.0597. The third kappa shape index (κ3) is 3.37. The minimum atomic E-state index is -3.93. The van der Waals surface area contributed by atoms with Crippen molar-refractivity contribution >= 4 is 21.7 Å². The topological polar surface area (TPSA) is 83.9 Å². The molecule has 0 bridgehead atoms. The number of benzene rings is 2. The molecule has 1 heterocycles. The Kier molecular flexibility index (Phi) is 4.81. The van der Waals surface area contributed by atoms with Gasteiger partial charge in [-0.15, -0.1) is 0 Å². The van der Waals surface area contributed by atoms with Crippen molar-refractivity contribution in [1.82, 2.24) is 0 Å². The van der Waals surface area contributed by atoms with Gasteiger partial charge in [0, 0.05) is 6.04 Å². The van der Waals surface area contributed by atoms with Gasteiger partial charge in [-0.25, -0.2) is 13.2 Å². The highest BCUT2D eigenvalue weighted by molar-refractivity contribution is 7.92. The largest absolute Gasteiger partial charge is 0.507 e. The van der Waals surface area contributed by atoms with Crippen LogP contribution in [0.15, 0.2) is 35.2 Å². The van der Waals surface area contributed by atoms with Crippen molar-refractivity contribution < 1.29 is 23.1 Å². The predicted octanol–water partition coefficient (Wildman–Crippen LogP) is 3.72. The van der Waals surface area contributed by atoms with Gasteiger partial charge in [-0.2, -0.15) is 0 Å². The highest BCUT2D eigenvalue weighted by Gasteiger charge is 2.44. The van der Waals surface area contributed by atoms with E-state index in [4.69, 9.17) is 0 Å². The smallest absolute Gasteiger partial charge is 0.341 e. The fourth-order valence-electron chi connectivity index (χ4n) is 4.41. The van der Waals surface area contributed by atoms with E-state index in [0.717, 1.165) is 48.1 Å². The Labute approximate surface area is 171 Å². The van der Waals surface area contributed by atoms with E-state index in [1.165, 1.54) is 25.3 Å². The van der Waals surface area contributed by atoms with Crippen molar-refractivity contribution in [1.29, 1.82) is 0 Å². The Bertz CT molecular complexity index is 1090. The minimum absolute atomic E-state index is 0.0193. The van der Waals surface area contributed by atoms with Crippen LogP contribution in [0.2, 0.25) is 0 Å². The molecule has 0 amide bonds. The van der Waals surface area contributed by atoms with Crippen LogP contribution in [0, 0.1) is 19.8 Å². The summed E-state index contributed by atoms with van der Waals surface area (Å²) in [6.07, 6.45) is 3.69. The zero-order valence-corrected chi connectivity index (χ0v) is 17.6. The molecule has 4 rings (SSSR count). The molecule has 1 fully saturated rings. The van der Waals surface area contributed by atoms with Crippen molar-refractivity contribution in [3.63, 3.8) is 0 Å². The van der Waals surface area contributed by atoms with Gasteiger partial charge < -0.3 is 9.84 Å². The third-order valence-electron chi connectivity index (χ3n) is 5.85. The Balaban J connectivity index is 1.88. The number of nitrogens with zero attached hydrogens (tertiary/aromatic N) is 1. The molecule has 0 radical (unpaired) electrons. The van der Waals surface area contributed by atoms with Crippen molar-refractivity contribution in [3.8, 4) is 5.75 Å². The van der Waals surface area contributed by atoms with Crippen molar-refractivity contribution in [3.05, 3.63) is 52.6 Å². The maximum atomic E-state index is 13.8. The van der Waals surface area contributed by atoms with E-state index in [1.807, 2.05) is 19.9 Å². The molecule has 2 aliphatic rings. The SMILES string of the molecule is COC(=O)c1cc(S(=O)(=O)N2c3c(C)cc(C)cc3CCC2C2CC2)ccc1O. The fourth-order valence-corrected chi connectivity index (χ4v) is 6.28. The van der Waals surface area contributed by atoms with Crippen molar-refractivity contribution in [2.45, 2.75) is 50.5 Å². The van der Waals surface area contributed by atoms with Crippen LogP contribution in [0.1, 0.15) is 46.3 Å². The molecule has 2 aromatic rings. The van der Waals surface area contributed by atoms with Gasteiger partial charge in [-0.1, -0.05) is 17.7 Å². The number of fused-ring (bicyclic) bond motifs is 1. The van der Waals surface area contributed by atoms with E-state index >= 15 is 0 Å². The molecule has 1 unspecified atom stereocenters. The third-order valence-corrected chi connectivity index (χ3v) is 7.67. The molecule has 0 aromatic heterocycles. The molecule has 6 nitrogen and oxygen atoms in total. The molecule has 1 aliphatic heterocycles. The zero-order chi connectivity index (χ0) is 20.9. The highest BCUT2D eigenvalue weighted by Crippen LogP contribution is 2.46. The first-order chi connectivity index (χ1) is 13.7. The van der Waals surface area contributed by atoms with Gasteiger partial charge >= 0.3 is 5.97 Å². The lowest BCUT2D eigenvalue weighted by Crippen LogP contribution is -2.45. The summed E-state index contributed by atoms with van der Waals surface area (Å²) in [6.45, 7) is 3.96. The standard InChI is InChI=1S/C22H25NO5S/c1-13-10-14(2)21-16(11-13)6-8-19(15-4-5-15)23(21)29(26,27)17-7-9-20(24)18(12-17)22(25)28-3/h7,9-12,15,19,24H,4-6,8H2,1-3H3. The number of phenols is 1. The lowest BCUT2D eigenvalue weighted by atomic mass is 9.92. The summed E-state index contributed by atoms with van der Waals surface area (Å²) in [5.74, 6) is -0.722. The number of ether oxygens (including phenoxy) is 1. The molecular weight excluding hydrogens is 390 g/mol. The number of esters is 1. The van der Waals surface area contributed by atoms with Gasteiger partial charge in [-0.3, -0.25) is 4.31 Å².